The quantitative estimate of drug-likeness (QED) is 0.144. The number of fused-ring (bicyclic) bond motifs is 1. The molecule has 1 heterocycles. The lowest BCUT2D eigenvalue weighted by molar-refractivity contribution is -0.127. The van der Waals surface area contributed by atoms with Crippen LogP contribution in [0, 0.1) is 11.8 Å². The van der Waals surface area contributed by atoms with Crippen LogP contribution < -0.4 is 9.04 Å². The summed E-state index contributed by atoms with van der Waals surface area (Å²) < 4.78 is 39.9. The zero-order valence-electron chi connectivity index (χ0n) is 25.1. The van der Waals surface area contributed by atoms with E-state index in [1.165, 1.54) is 34.2 Å². The van der Waals surface area contributed by atoms with Gasteiger partial charge in [0.2, 0.25) is 5.79 Å². The highest BCUT2D eigenvalue weighted by Gasteiger charge is 2.35. The normalized spacial score (nSPS) is 13.8. The van der Waals surface area contributed by atoms with Crippen LogP contribution in [0.25, 0.3) is 6.08 Å². The molecule has 0 bridgehead atoms. The number of hydrogen-bond acceptors (Lipinski definition) is 5. The van der Waals surface area contributed by atoms with Gasteiger partial charge in [0, 0.05) is 25.0 Å². The second kappa shape index (κ2) is 13.2. The molecule has 44 heavy (non-hydrogen) atoms. The summed E-state index contributed by atoms with van der Waals surface area (Å²) in [6.07, 6.45) is 4.96. The van der Waals surface area contributed by atoms with Crippen LogP contribution in [0.15, 0.2) is 102 Å². The van der Waals surface area contributed by atoms with Crippen molar-refractivity contribution < 1.29 is 22.7 Å². The van der Waals surface area contributed by atoms with E-state index in [9.17, 15) is 13.2 Å². The molecule has 0 amide bonds. The van der Waals surface area contributed by atoms with Crippen molar-refractivity contribution in [3.8, 4) is 17.6 Å². The Hall–Kier alpha value is -4.80. The summed E-state index contributed by atoms with van der Waals surface area (Å²) in [4.78, 5) is 12.8. The maximum absolute atomic E-state index is 13.7. The van der Waals surface area contributed by atoms with Gasteiger partial charge in [-0.25, -0.2) is 13.2 Å². The largest absolute Gasteiger partial charge is 0.452 e. The van der Waals surface area contributed by atoms with E-state index >= 15 is 0 Å². The molecular formula is C37H35NO5S. The van der Waals surface area contributed by atoms with Crippen molar-refractivity contribution in [2.75, 3.05) is 4.31 Å². The van der Waals surface area contributed by atoms with Gasteiger partial charge in [0.1, 0.15) is 11.3 Å². The highest BCUT2D eigenvalue weighted by molar-refractivity contribution is 7.95. The zero-order chi connectivity index (χ0) is 31.2. The number of ether oxygens (including phenoxy) is 2. The Morgan fingerprint density at radius 1 is 0.818 bits per heavy atom. The molecule has 0 aliphatic carbocycles. The Kier molecular flexibility index (Phi) is 9.22. The lowest BCUT2D eigenvalue weighted by Crippen LogP contribution is -2.39. The molecule has 0 unspecified atom stereocenters. The van der Waals surface area contributed by atoms with Crippen LogP contribution in [0.2, 0.25) is 0 Å². The van der Waals surface area contributed by atoms with Gasteiger partial charge in [-0.1, -0.05) is 79.8 Å². The number of anilines is 1. The summed E-state index contributed by atoms with van der Waals surface area (Å²) >= 11 is 0. The first kappa shape index (κ1) is 30.7. The number of carbonyl (C=O) groups is 1. The topological polar surface area (TPSA) is 72.9 Å². The molecule has 0 atom stereocenters. The molecule has 0 fully saturated rings. The summed E-state index contributed by atoms with van der Waals surface area (Å²) in [5.41, 5.74) is 5.05. The lowest BCUT2D eigenvalue weighted by Gasteiger charge is -2.32. The third-order valence-corrected chi connectivity index (χ3v) is 8.54. The van der Waals surface area contributed by atoms with E-state index in [1.807, 2.05) is 66.7 Å². The molecule has 0 radical (unpaired) electrons. The van der Waals surface area contributed by atoms with E-state index in [1.54, 1.807) is 32.1 Å². The Morgan fingerprint density at radius 2 is 1.45 bits per heavy atom. The van der Waals surface area contributed by atoms with Crippen LogP contribution in [-0.2, 0) is 27.7 Å². The van der Waals surface area contributed by atoms with Crippen LogP contribution in [0.4, 0.5) is 5.69 Å². The van der Waals surface area contributed by atoms with E-state index in [2.05, 4.69) is 30.9 Å². The molecule has 0 spiro atoms. The van der Waals surface area contributed by atoms with Crippen LogP contribution in [0.5, 0.6) is 5.75 Å². The third kappa shape index (κ3) is 7.77. The number of unbranched alkanes of at least 4 members (excludes halogenated alkanes) is 1. The van der Waals surface area contributed by atoms with E-state index in [-0.39, 0.29) is 12.1 Å². The number of cyclic esters (lactones) is 1. The van der Waals surface area contributed by atoms with Gasteiger partial charge in [-0.3, -0.25) is 4.31 Å². The number of rotatable bonds is 9. The van der Waals surface area contributed by atoms with Gasteiger partial charge in [-0.05, 0) is 78.1 Å². The lowest BCUT2D eigenvalue weighted by atomic mass is 10.1. The predicted molar refractivity (Wildman–Crippen MR) is 175 cm³/mol. The number of carbonyl (C=O) groups excluding carboxylic acids is 1. The summed E-state index contributed by atoms with van der Waals surface area (Å²) in [7, 11) is -3.97. The van der Waals surface area contributed by atoms with Crippen LogP contribution >= 0.6 is 0 Å². The van der Waals surface area contributed by atoms with Crippen molar-refractivity contribution in [2.24, 2.45) is 0 Å². The first-order valence-electron chi connectivity index (χ1n) is 14.6. The molecule has 0 saturated heterocycles. The van der Waals surface area contributed by atoms with Crippen molar-refractivity contribution in [3.63, 3.8) is 0 Å². The molecule has 4 aromatic carbocycles. The van der Waals surface area contributed by atoms with E-state index in [4.69, 9.17) is 9.47 Å². The molecule has 0 aromatic heterocycles. The Morgan fingerprint density at radius 3 is 2.09 bits per heavy atom. The maximum Gasteiger partial charge on any atom is 0.345 e. The minimum Gasteiger partial charge on any atom is -0.452 e. The maximum atomic E-state index is 13.7. The molecule has 5 rings (SSSR count). The molecule has 7 heteroatoms. The van der Waals surface area contributed by atoms with E-state index in [0.29, 0.717) is 11.4 Å². The Labute approximate surface area is 260 Å². The highest BCUT2D eigenvalue weighted by atomic mass is 32.2. The Balaban J connectivity index is 1.41. The van der Waals surface area contributed by atoms with Crippen molar-refractivity contribution in [1.82, 2.24) is 0 Å². The SMILES string of the molecule is CCCCc1ccc(C#Cc2ccc(CN(c3ccc4c(c3)C(=O)OC(C)(C)O4)S(=O)(=O)C=Cc3ccccc3)cc2)cc1. The molecular weight excluding hydrogens is 570 g/mol. The van der Waals surface area contributed by atoms with Crippen molar-refractivity contribution in [1.29, 1.82) is 0 Å². The number of nitrogens with zero attached hydrogens (tertiary/aromatic N) is 1. The fourth-order valence-electron chi connectivity index (χ4n) is 4.76. The molecule has 4 aromatic rings. The highest BCUT2D eigenvalue weighted by Crippen LogP contribution is 2.35. The smallest absolute Gasteiger partial charge is 0.345 e. The first-order valence-corrected chi connectivity index (χ1v) is 16.1. The van der Waals surface area contributed by atoms with Crippen LogP contribution in [-0.4, -0.2) is 20.2 Å². The summed E-state index contributed by atoms with van der Waals surface area (Å²) in [6, 6.07) is 29.7. The second-order valence-electron chi connectivity index (χ2n) is 11.1. The fourth-order valence-corrected chi connectivity index (χ4v) is 5.97. The number of hydrogen-bond donors (Lipinski definition) is 0. The van der Waals surface area contributed by atoms with Crippen LogP contribution in [0.3, 0.4) is 0 Å². The van der Waals surface area contributed by atoms with E-state index < -0.39 is 21.8 Å². The van der Waals surface area contributed by atoms with Gasteiger partial charge in [0.05, 0.1) is 17.6 Å². The third-order valence-electron chi connectivity index (χ3n) is 7.11. The molecule has 1 aliphatic heterocycles. The minimum absolute atomic E-state index is 0.0363. The van der Waals surface area contributed by atoms with Crippen molar-refractivity contribution in [3.05, 3.63) is 136 Å². The molecule has 0 N–H and O–H groups in total. The van der Waals surface area contributed by atoms with Crippen molar-refractivity contribution in [2.45, 2.75) is 52.4 Å². The zero-order valence-corrected chi connectivity index (χ0v) is 25.9. The average Bonchev–Trinajstić information content (AvgIpc) is 3.01. The molecule has 6 nitrogen and oxygen atoms in total. The average molecular weight is 606 g/mol. The number of aryl methyl sites for hydroxylation is 1. The van der Waals surface area contributed by atoms with Gasteiger partial charge in [-0.15, -0.1) is 0 Å². The number of benzene rings is 4. The molecule has 224 valence electrons. The van der Waals surface area contributed by atoms with Gasteiger partial charge in [-0.2, -0.15) is 0 Å². The summed E-state index contributed by atoms with van der Waals surface area (Å²) in [5.74, 6) is 5.05. The summed E-state index contributed by atoms with van der Waals surface area (Å²) in [5, 5.41) is 1.17. The van der Waals surface area contributed by atoms with Crippen molar-refractivity contribution >= 4 is 27.8 Å². The summed E-state index contributed by atoms with van der Waals surface area (Å²) in [6.45, 7) is 5.51. The predicted octanol–water partition coefficient (Wildman–Crippen LogP) is 7.72. The van der Waals surface area contributed by atoms with Gasteiger partial charge >= 0.3 is 5.97 Å². The fraction of sp³-hybridized carbons (Fsp3) is 0.216. The van der Waals surface area contributed by atoms with Gasteiger partial charge < -0.3 is 9.47 Å². The molecule has 0 saturated carbocycles. The van der Waals surface area contributed by atoms with Gasteiger partial charge in [0.15, 0.2) is 0 Å². The van der Waals surface area contributed by atoms with Crippen LogP contribution in [0.1, 0.15) is 71.8 Å². The first-order chi connectivity index (χ1) is 21.1. The minimum atomic E-state index is -3.97. The standard InChI is InChI=1S/C37H35NO5S/c1-4-5-9-29-12-14-30(15-13-29)16-17-31-18-20-32(21-19-31)27-38(44(40,41)25-24-28-10-7-6-8-11-28)33-22-23-35-34(26-33)36(39)43-37(2,3)42-35/h6-8,10-15,18-26H,4-5,9,27H2,1-3H3. The van der Waals surface area contributed by atoms with Gasteiger partial charge in [0.25, 0.3) is 10.0 Å². The number of sulfonamides is 1. The number of esters is 1. The second-order valence-corrected chi connectivity index (χ2v) is 12.8. The monoisotopic (exact) mass is 605 g/mol. The van der Waals surface area contributed by atoms with E-state index in [0.717, 1.165) is 28.7 Å². The molecule has 1 aliphatic rings. The Bertz CT molecular complexity index is 1820.